The lowest BCUT2D eigenvalue weighted by Crippen LogP contribution is -2.43. The topological polar surface area (TPSA) is 123 Å². The predicted octanol–water partition coefficient (Wildman–Crippen LogP) is 3.34. The molecule has 9 nitrogen and oxygen atoms in total. The molecule has 184 valence electrons. The molecule has 3 rings (SSSR count). The summed E-state index contributed by atoms with van der Waals surface area (Å²) in [5.74, 6) is -0.214. The van der Waals surface area contributed by atoms with Crippen molar-refractivity contribution in [1.82, 2.24) is 10.9 Å². The third-order valence-corrected chi connectivity index (χ3v) is 6.39. The first-order valence-corrected chi connectivity index (χ1v) is 12.3. The summed E-state index contributed by atoms with van der Waals surface area (Å²) in [6, 6.07) is 17.6. The molecule has 2 amide bonds. The van der Waals surface area contributed by atoms with Gasteiger partial charge >= 0.3 is 0 Å². The Hall–Kier alpha value is -4.05. The van der Waals surface area contributed by atoms with Crippen LogP contribution in [0.25, 0.3) is 0 Å². The summed E-state index contributed by atoms with van der Waals surface area (Å²) < 4.78 is 38.6. The first kappa shape index (κ1) is 25.6. The van der Waals surface area contributed by atoms with E-state index in [-0.39, 0.29) is 17.1 Å². The molecule has 0 aromatic heterocycles. The number of hydrazine groups is 1. The van der Waals surface area contributed by atoms with E-state index in [1.54, 1.807) is 36.4 Å². The minimum absolute atomic E-state index is 0.149. The lowest BCUT2D eigenvalue weighted by atomic mass is 10.1. The summed E-state index contributed by atoms with van der Waals surface area (Å²) in [6.07, 6.45) is 0. The van der Waals surface area contributed by atoms with Crippen LogP contribution in [-0.4, -0.2) is 33.4 Å². The van der Waals surface area contributed by atoms with Crippen LogP contribution in [0.15, 0.2) is 71.6 Å². The number of carbonyl (C=O) groups excluding carboxylic acids is 2. The van der Waals surface area contributed by atoms with Crippen LogP contribution >= 0.6 is 0 Å². The number of nitrogens with one attached hydrogen (secondary N) is 3. The van der Waals surface area contributed by atoms with E-state index in [0.29, 0.717) is 23.8 Å². The smallest absolute Gasteiger partial charge is 0.276 e. The molecule has 0 aliphatic carbocycles. The molecular formula is C25H27N3O6S. The lowest BCUT2D eigenvalue weighted by Gasteiger charge is -2.12. The van der Waals surface area contributed by atoms with E-state index in [1.807, 2.05) is 20.8 Å². The van der Waals surface area contributed by atoms with Crippen molar-refractivity contribution in [3.8, 4) is 11.5 Å². The van der Waals surface area contributed by atoms with Crippen LogP contribution in [0, 0.1) is 13.8 Å². The number of hydrogen-bond acceptors (Lipinski definition) is 6. The van der Waals surface area contributed by atoms with Gasteiger partial charge in [0.15, 0.2) is 18.1 Å². The second kappa shape index (κ2) is 11.4. The maximum absolute atomic E-state index is 12.6. The highest BCUT2D eigenvalue weighted by atomic mass is 32.2. The third-order valence-electron chi connectivity index (χ3n) is 5.01. The highest BCUT2D eigenvalue weighted by Crippen LogP contribution is 2.26. The monoisotopic (exact) mass is 497 g/mol. The summed E-state index contributed by atoms with van der Waals surface area (Å²) in [5, 5.41) is 0. The van der Waals surface area contributed by atoms with Gasteiger partial charge < -0.3 is 9.47 Å². The number of amides is 2. The van der Waals surface area contributed by atoms with Gasteiger partial charge in [0.05, 0.1) is 11.5 Å². The van der Waals surface area contributed by atoms with Gasteiger partial charge in [0.25, 0.3) is 21.8 Å². The molecule has 0 unspecified atom stereocenters. The van der Waals surface area contributed by atoms with Gasteiger partial charge in [0, 0.05) is 11.3 Å². The zero-order valence-corrected chi connectivity index (χ0v) is 20.4. The summed E-state index contributed by atoms with van der Waals surface area (Å²) >= 11 is 0. The second-order valence-corrected chi connectivity index (χ2v) is 9.28. The Morgan fingerprint density at radius 2 is 1.49 bits per heavy atom. The van der Waals surface area contributed by atoms with Crippen molar-refractivity contribution in [3.05, 3.63) is 83.4 Å². The van der Waals surface area contributed by atoms with Crippen LogP contribution in [0.3, 0.4) is 0 Å². The van der Waals surface area contributed by atoms with Gasteiger partial charge in [-0.1, -0.05) is 18.2 Å². The predicted molar refractivity (Wildman–Crippen MR) is 132 cm³/mol. The van der Waals surface area contributed by atoms with Gasteiger partial charge in [-0.3, -0.25) is 25.2 Å². The summed E-state index contributed by atoms with van der Waals surface area (Å²) in [4.78, 5) is 24.5. The molecule has 0 heterocycles. The van der Waals surface area contributed by atoms with Crippen molar-refractivity contribution in [1.29, 1.82) is 0 Å². The lowest BCUT2D eigenvalue weighted by molar-refractivity contribution is -0.123. The number of ether oxygens (including phenoxy) is 2. The quantitative estimate of drug-likeness (QED) is 0.390. The van der Waals surface area contributed by atoms with Crippen molar-refractivity contribution in [2.75, 3.05) is 17.9 Å². The Morgan fingerprint density at radius 3 is 2.11 bits per heavy atom. The Balaban J connectivity index is 1.52. The maximum atomic E-state index is 12.6. The Labute approximate surface area is 204 Å². The molecule has 0 atom stereocenters. The van der Waals surface area contributed by atoms with Crippen molar-refractivity contribution in [2.24, 2.45) is 0 Å². The normalized spacial score (nSPS) is 10.8. The van der Waals surface area contributed by atoms with Gasteiger partial charge in [-0.15, -0.1) is 0 Å². The first-order chi connectivity index (χ1) is 16.7. The number of hydrogen-bond donors (Lipinski definition) is 3. The van der Waals surface area contributed by atoms with Crippen molar-refractivity contribution >= 4 is 27.5 Å². The van der Waals surface area contributed by atoms with Gasteiger partial charge in [-0.05, 0) is 80.4 Å². The average molecular weight is 498 g/mol. The molecule has 3 aromatic carbocycles. The molecule has 0 saturated heterocycles. The molecule has 10 heteroatoms. The molecule has 0 aliphatic rings. The van der Waals surface area contributed by atoms with Gasteiger partial charge in [-0.25, -0.2) is 8.42 Å². The van der Waals surface area contributed by atoms with Gasteiger partial charge in [0.1, 0.15) is 0 Å². The standard InChI is InChI=1S/C25H27N3O6S/c1-4-33-22-7-5-6-8-23(22)34-16-24(29)26-27-25(30)19-10-12-20(13-11-19)28-35(31,32)21-14-9-17(2)18(3)15-21/h5-15,28H,4,16H2,1-3H3,(H,26,29)(H,27,30). The Bertz CT molecular complexity index is 1310. The van der Waals surface area contributed by atoms with E-state index in [2.05, 4.69) is 15.6 Å². The third kappa shape index (κ3) is 6.97. The number of sulfonamides is 1. The van der Waals surface area contributed by atoms with Crippen molar-refractivity contribution in [3.63, 3.8) is 0 Å². The molecule has 3 N–H and O–H groups in total. The van der Waals surface area contributed by atoms with Crippen molar-refractivity contribution in [2.45, 2.75) is 25.7 Å². The number of aryl methyl sites for hydroxylation is 2. The van der Waals surface area contributed by atoms with E-state index < -0.39 is 21.8 Å². The van der Waals surface area contributed by atoms with Gasteiger partial charge in [-0.2, -0.15) is 0 Å². The fraction of sp³-hybridized carbons (Fsp3) is 0.200. The Morgan fingerprint density at radius 1 is 0.829 bits per heavy atom. The Kier molecular flexibility index (Phi) is 8.32. The number of rotatable bonds is 9. The maximum Gasteiger partial charge on any atom is 0.276 e. The molecule has 0 saturated carbocycles. The van der Waals surface area contributed by atoms with E-state index in [1.165, 1.54) is 30.3 Å². The molecule has 0 aliphatic heterocycles. The van der Waals surface area contributed by atoms with Crippen LogP contribution < -0.4 is 25.0 Å². The highest BCUT2D eigenvalue weighted by Gasteiger charge is 2.16. The van der Waals surface area contributed by atoms with E-state index >= 15 is 0 Å². The van der Waals surface area contributed by atoms with Gasteiger partial charge in [0.2, 0.25) is 0 Å². The minimum Gasteiger partial charge on any atom is -0.490 e. The largest absolute Gasteiger partial charge is 0.490 e. The molecule has 0 fully saturated rings. The van der Waals surface area contributed by atoms with Crippen LogP contribution in [0.5, 0.6) is 11.5 Å². The number of benzene rings is 3. The van der Waals surface area contributed by atoms with Crippen LogP contribution in [0.1, 0.15) is 28.4 Å². The molecule has 0 spiro atoms. The SMILES string of the molecule is CCOc1ccccc1OCC(=O)NNC(=O)c1ccc(NS(=O)(=O)c2ccc(C)c(C)c2)cc1. The molecule has 0 bridgehead atoms. The number of anilines is 1. The zero-order chi connectivity index (χ0) is 25.4. The fourth-order valence-electron chi connectivity index (χ4n) is 3.01. The van der Waals surface area contributed by atoms with Crippen LogP contribution in [-0.2, 0) is 14.8 Å². The average Bonchev–Trinajstić information content (AvgIpc) is 2.84. The minimum atomic E-state index is -3.77. The van der Waals surface area contributed by atoms with Crippen LogP contribution in [0.4, 0.5) is 5.69 Å². The molecule has 0 radical (unpaired) electrons. The highest BCUT2D eigenvalue weighted by molar-refractivity contribution is 7.92. The second-order valence-electron chi connectivity index (χ2n) is 7.60. The molecule has 35 heavy (non-hydrogen) atoms. The molecular weight excluding hydrogens is 470 g/mol. The summed E-state index contributed by atoms with van der Waals surface area (Å²) in [5.41, 5.74) is 6.94. The first-order valence-electron chi connectivity index (χ1n) is 10.8. The fourth-order valence-corrected chi connectivity index (χ4v) is 4.15. The zero-order valence-electron chi connectivity index (χ0n) is 19.6. The van der Waals surface area contributed by atoms with E-state index in [4.69, 9.17) is 9.47 Å². The molecule has 3 aromatic rings. The number of carbonyl (C=O) groups is 2. The van der Waals surface area contributed by atoms with Crippen molar-refractivity contribution < 1.29 is 27.5 Å². The number of para-hydroxylation sites is 2. The summed E-state index contributed by atoms with van der Waals surface area (Å²) in [7, 11) is -3.77. The van der Waals surface area contributed by atoms with E-state index in [9.17, 15) is 18.0 Å². The summed E-state index contributed by atoms with van der Waals surface area (Å²) in [6.45, 7) is 5.70. The van der Waals surface area contributed by atoms with E-state index in [0.717, 1.165) is 11.1 Å². The van der Waals surface area contributed by atoms with Crippen LogP contribution in [0.2, 0.25) is 0 Å².